The summed E-state index contributed by atoms with van der Waals surface area (Å²) in [6.45, 7) is 0. The van der Waals surface area contributed by atoms with Gasteiger partial charge < -0.3 is 10.3 Å². The molecule has 0 unspecified atom stereocenters. The SMILES string of the molecule is O=C(Nc1ccc2nc[nH]c2c1)C1(c2ccccc2Cl)CC1. The van der Waals surface area contributed by atoms with Crippen LogP contribution in [0.1, 0.15) is 18.4 Å². The number of carbonyl (C=O) groups excluding carboxylic acids is 1. The summed E-state index contributed by atoms with van der Waals surface area (Å²) in [6.07, 6.45) is 3.30. The highest BCUT2D eigenvalue weighted by Crippen LogP contribution is 2.51. The van der Waals surface area contributed by atoms with E-state index in [1.807, 2.05) is 42.5 Å². The normalized spacial score (nSPS) is 15.7. The molecular formula is C17H14ClN3O. The Morgan fingerprint density at radius 3 is 2.82 bits per heavy atom. The second-order valence-electron chi connectivity index (χ2n) is 5.65. The van der Waals surface area contributed by atoms with E-state index < -0.39 is 5.41 Å². The summed E-state index contributed by atoms with van der Waals surface area (Å²) in [6, 6.07) is 13.2. The lowest BCUT2D eigenvalue weighted by atomic mass is 9.95. The molecule has 22 heavy (non-hydrogen) atoms. The van der Waals surface area contributed by atoms with E-state index in [1.54, 1.807) is 6.33 Å². The van der Waals surface area contributed by atoms with E-state index in [9.17, 15) is 4.79 Å². The fraction of sp³-hybridized carbons (Fsp3) is 0.176. The van der Waals surface area contributed by atoms with Crippen LogP contribution in [0.3, 0.4) is 0 Å². The van der Waals surface area contributed by atoms with Crippen LogP contribution in [0.15, 0.2) is 48.8 Å². The Bertz CT molecular complexity index is 867. The van der Waals surface area contributed by atoms with Crippen molar-refractivity contribution in [2.24, 2.45) is 0 Å². The molecule has 1 aromatic heterocycles. The summed E-state index contributed by atoms with van der Waals surface area (Å²) in [5.74, 6) is -0.000495. The smallest absolute Gasteiger partial charge is 0.235 e. The maximum Gasteiger partial charge on any atom is 0.235 e. The van der Waals surface area contributed by atoms with Gasteiger partial charge >= 0.3 is 0 Å². The predicted octanol–water partition coefficient (Wildman–Crippen LogP) is 3.89. The van der Waals surface area contributed by atoms with Gasteiger partial charge in [-0.3, -0.25) is 4.79 Å². The summed E-state index contributed by atoms with van der Waals surface area (Å²) >= 11 is 6.27. The third kappa shape index (κ3) is 2.07. The van der Waals surface area contributed by atoms with E-state index in [-0.39, 0.29) is 5.91 Å². The molecule has 1 amide bonds. The van der Waals surface area contributed by atoms with Crippen molar-refractivity contribution in [3.05, 3.63) is 59.4 Å². The maximum absolute atomic E-state index is 12.7. The Labute approximate surface area is 132 Å². The van der Waals surface area contributed by atoms with Crippen LogP contribution >= 0.6 is 11.6 Å². The summed E-state index contributed by atoms with van der Waals surface area (Å²) in [7, 11) is 0. The lowest BCUT2D eigenvalue weighted by Crippen LogP contribution is -2.28. The average Bonchev–Trinajstić information content (AvgIpc) is 3.19. The van der Waals surface area contributed by atoms with Gasteiger partial charge in [0.05, 0.1) is 22.8 Å². The molecule has 3 aromatic rings. The maximum atomic E-state index is 12.7. The molecule has 1 fully saturated rings. The van der Waals surface area contributed by atoms with Gasteiger partial charge in [0, 0.05) is 10.7 Å². The van der Waals surface area contributed by atoms with E-state index in [0.717, 1.165) is 35.1 Å². The van der Waals surface area contributed by atoms with Crippen molar-refractivity contribution in [1.82, 2.24) is 9.97 Å². The molecule has 110 valence electrons. The van der Waals surface area contributed by atoms with Gasteiger partial charge in [-0.05, 0) is 42.7 Å². The van der Waals surface area contributed by atoms with Crippen LogP contribution in [0.25, 0.3) is 11.0 Å². The van der Waals surface area contributed by atoms with Crippen molar-refractivity contribution >= 4 is 34.2 Å². The fourth-order valence-corrected chi connectivity index (χ4v) is 3.17. The van der Waals surface area contributed by atoms with E-state index >= 15 is 0 Å². The fourth-order valence-electron chi connectivity index (χ4n) is 2.86. The third-order valence-electron chi connectivity index (χ3n) is 4.25. The molecule has 5 heteroatoms. The summed E-state index contributed by atoms with van der Waals surface area (Å²) in [4.78, 5) is 19.9. The number of fused-ring (bicyclic) bond motifs is 1. The number of imidazole rings is 1. The number of H-pyrrole nitrogens is 1. The van der Waals surface area contributed by atoms with Gasteiger partial charge in [-0.15, -0.1) is 0 Å². The highest BCUT2D eigenvalue weighted by atomic mass is 35.5. The van der Waals surface area contributed by atoms with Crippen LogP contribution in [0.4, 0.5) is 5.69 Å². The number of anilines is 1. The molecule has 1 aliphatic rings. The van der Waals surface area contributed by atoms with E-state index in [1.165, 1.54) is 0 Å². The van der Waals surface area contributed by atoms with Crippen molar-refractivity contribution in [1.29, 1.82) is 0 Å². The molecule has 0 aliphatic heterocycles. The van der Waals surface area contributed by atoms with Crippen molar-refractivity contribution in [3.63, 3.8) is 0 Å². The molecule has 0 saturated heterocycles. The Hall–Kier alpha value is -2.33. The summed E-state index contributed by atoms with van der Waals surface area (Å²) < 4.78 is 0. The minimum absolute atomic E-state index is 0.000495. The number of nitrogens with zero attached hydrogens (tertiary/aromatic N) is 1. The number of aromatic nitrogens is 2. The van der Waals surface area contributed by atoms with Crippen molar-refractivity contribution in [3.8, 4) is 0 Å². The summed E-state index contributed by atoms with van der Waals surface area (Å²) in [5, 5.41) is 3.66. The Balaban J connectivity index is 1.63. The second-order valence-corrected chi connectivity index (χ2v) is 6.06. The first-order chi connectivity index (χ1) is 10.7. The van der Waals surface area contributed by atoms with Crippen molar-refractivity contribution in [2.45, 2.75) is 18.3 Å². The molecular weight excluding hydrogens is 298 g/mol. The van der Waals surface area contributed by atoms with Gasteiger partial charge in [0.15, 0.2) is 0 Å². The van der Waals surface area contributed by atoms with E-state index in [0.29, 0.717) is 5.02 Å². The number of halogens is 1. The molecule has 4 nitrogen and oxygen atoms in total. The largest absolute Gasteiger partial charge is 0.345 e. The van der Waals surface area contributed by atoms with Crippen LogP contribution in [-0.4, -0.2) is 15.9 Å². The van der Waals surface area contributed by atoms with Crippen LogP contribution in [0.5, 0.6) is 0 Å². The van der Waals surface area contributed by atoms with Crippen molar-refractivity contribution < 1.29 is 4.79 Å². The Kier molecular flexibility index (Phi) is 2.94. The van der Waals surface area contributed by atoms with Crippen molar-refractivity contribution in [2.75, 3.05) is 5.32 Å². The lowest BCUT2D eigenvalue weighted by molar-refractivity contribution is -0.118. The zero-order valence-corrected chi connectivity index (χ0v) is 12.5. The van der Waals surface area contributed by atoms with Gasteiger partial charge in [-0.2, -0.15) is 0 Å². The number of hydrogen-bond acceptors (Lipinski definition) is 2. The Morgan fingerprint density at radius 1 is 1.23 bits per heavy atom. The van der Waals surface area contributed by atoms with E-state index in [2.05, 4.69) is 15.3 Å². The van der Waals surface area contributed by atoms with Crippen LogP contribution in [-0.2, 0) is 10.2 Å². The lowest BCUT2D eigenvalue weighted by Gasteiger charge is -2.17. The number of amides is 1. The highest BCUT2D eigenvalue weighted by Gasteiger charge is 2.52. The van der Waals surface area contributed by atoms with Crippen LogP contribution < -0.4 is 5.32 Å². The van der Waals surface area contributed by atoms with Crippen LogP contribution in [0, 0.1) is 0 Å². The minimum atomic E-state index is -0.485. The standard InChI is InChI=1S/C17H14ClN3O/c18-13-4-2-1-3-12(13)17(7-8-17)16(22)21-11-5-6-14-15(9-11)20-10-19-14/h1-6,9-10H,7-8H2,(H,19,20)(H,21,22). The molecule has 1 saturated carbocycles. The molecule has 2 N–H and O–H groups in total. The van der Waals surface area contributed by atoms with Gasteiger partial charge in [0.25, 0.3) is 0 Å². The topological polar surface area (TPSA) is 57.8 Å². The molecule has 4 rings (SSSR count). The summed E-state index contributed by atoms with van der Waals surface area (Å²) in [5.41, 5.74) is 2.98. The van der Waals surface area contributed by atoms with Gasteiger partial charge in [-0.25, -0.2) is 4.98 Å². The highest BCUT2D eigenvalue weighted by molar-refractivity contribution is 6.32. The molecule has 0 radical (unpaired) electrons. The molecule has 2 aromatic carbocycles. The third-order valence-corrected chi connectivity index (χ3v) is 4.58. The molecule has 0 atom stereocenters. The van der Waals surface area contributed by atoms with E-state index in [4.69, 9.17) is 11.6 Å². The zero-order valence-electron chi connectivity index (χ0n) is 11.8. The first-order valence-electron chi connectivity index (χ1n) is 7.19. The quantitative estimate of drug-likeness (QED) is 0.771. The molecule has 1 heterocycles. The molecule has 1 aliphatic carbocycles. The number of benzene rings is 2. The number of nitrogens with one attached hydrogen (secondary N) is 2. The van der Waals surface area contributed by atoms with Gasteiger partial charge in [0.1, 0.15) is 0 Å². The van der Waals surface area contributed by atoms with Gasteiger partial charge in [-0.1, -0.05) is 29.8 Å². The second kappa shape index (κ2) is 4.85. The number of aromatic amines is 1. The Morgan fingerprint density at radius 2 is 2.05 bits per heavy atom. The minimum Gasteiger partial charge on any atom is -0.345 e. The first-order valence-corrected chi connectivity index (χ1v) is 7.56. The average molecular weight is 312 g/mol. The number of carbonyl (C=O) groups is 1. The predicted molar refractivity (Wildman–Crippen MR) is 87.1 cm³/mol. The first kappa shape index (κ1) is 13.3. The number of hydrogen-bond donors (Lipinski definition) is 2. The monoisotopic (exact) mass is 311 g/mol. The number of rotatable bonds is 3. The van der Waals surface area contributed by atoms with Crippen LogP contribution in [0.2, 0.25) is 5.02 Å². The van der Waals surface area contributed by atoms with Gasteiger partial charge in [0.2, 0.25) is 5.91 Å². The zero-order chi connectivity index (χ0) is 15.2. The molecule has 0 spiro atoms. The molecule has 0 bridgehead atoms.